The van der Waals surface area contributed by atoms with Crippen LogP contribution in [0.5, 0.6) is 0 Å². The van der Waals surface area contributed by atoms with Crippen LogP contribution in [0.15, 0.2) is 18.2 Å². The van der Waals surface area contributed by atoms with E-state index in [2.05, 4.69) is 10.6 Å². The van der Waals surface area contributed by atoms with Crippen LogP contribution in [-0.2, 0) is 9.53 Å². The normalized spacial score (nSPS) is 26.1. The second kappa shape index (κ2) is 10.4. The van der Waals surface area contributed by atoms with Gasteiger partial charge in [0.1, 0.15) is 0 Å². The standard InChI is InChI=1S/C20H28ClN3O3.ClH/c1-27-8-7-23-20(26)16-6-5-15(11-17(16)21)24-19(25)14-9-12-3-2-4-13(10-14)18(12)22;/h5-6,11-14,18H,2-4,7-10,22H2,1H3,(H,23,26)(H,24,25);1H. The van der Waals surface area contributed by atoms with E-state index in [9.17, 15) is 9.59 Å². The highest BCUT2D eigenvalue weighted by Gasteiger charge is 2.40. The maximum Gasteiger partial charge on any atom is 0.252 e. The number of benzene rings is 1. The van der Waals surface area contributed by atoms with E-state index in [-0.39, 0.29) is 36.2 Å². The van der Waals surface area contributed by atoms with E-state index < -0.39 is 0 Å². The number of methoxy groups -OCH3 is 1. The summed E-state index contributed by atoms with van der Waals surface area (Å²) >= 11 is 6.24. The van der Waals surface area contributed by atoms with Gasteiger partial charge in [-0.1, -0.05) is 18.0 Å². The number of nitrogens with two attached hydrogens (primary N) is 1. The minimum absolute atomic E-state index is 0. The second-order valence-corrected chi connectivity index (χ2v) is 8.04. The summed E-state index contributed by atoms with van der Waals surface area (Å²) in [4.78, 5) is 24.8. The van der Waals surface area contributed by atoms with Crippen molar-refractivity contribution < 1.29 is 14.3 Å². The van der Waals surface area contributed by atoms with E-state index in [0.29, 0.717) is 41.3 Å². The van der Waals surface area contributed by atoms with Crippen LogP contribution in [-0.4, -0.2) is 38.1 Å². The largest absolute Gasteiger partial charge is 0.383 e. The molecule has 0 radical (unpaired) electrons. The first-order valence-electron chi connectivity index (χ1n) is 9.62. The number of fused-ring (bicyclic) bond motifs is 2. The van der Waals surface area contributed by atoms with Crippen LogP contribution in [0.1, 0.15) is 42.5 Å². The van der Waals surface area contributed by atoms with Gasteiger partial charge in [-0.25, -0.2) is 0 Å². The number of ether oxygens (including phenoxy) is 1. The van der Waals surface area contributed by atoms with E-state index in [0.717, 1.165) is 25.7 Å². The molecule has 1 aromatic carbocycles. The number of amides is 2. The third-order valence-corrected chi connectivity index (χ3v) is 6.17. The zero-order valence-corrected chi connectivity index (χ0v) is 17.7. The van der Waals surface area contributed by atoms with E-state index in [1.807, 2.05) is 0 Å². The minimum atomic E-state index is -0.260. The van der Waals surface area contributed by atoms with E-state index in [4.69, 9.17) is 22.1 Å². The lowest BCUT2D eigenvalue weighted by Crippen LogP contribution is -2.48. The number of hydrogen-bond acceptors (Lipinski definition) is 4. The first-order valence-corrected chi connectivity index (χ1v) is 10.0. The molecular weight excluding hydrogens is 401 g/mol. The van der Waals surface area contributed by atoms with Crippen molar-refractivity contribution in [1.82, 2.24) is 5.32 Å². The van der Waals surface area contributed by atoms with E-state index in [1.54, 1.807) is 25.3 Å². The molecule has 6 nitrogen and oxygen atoms in total. The molecule has 2 saturated carbocycles. The molecule has 4 N–H and O–H groups in total. The second-order valence-electron chi connectivity index (χ2n) is 7.63. The Hall–Kier alpha value is -1.34. The molecule has 28 heavy (non-hydrogen) atoms. The molecule has 0 saturated heterocycles. The molecule has 0 aliphatic heterocycles. The van der Waals surface area contributed by atoms with Crippen LogP contribution >= 0.6 is 24.0 Å². The van der Waals surface area contributed by atoms with Gasteiger partial charge in [-0.05, 0) is 55.7 Å². The number of nitrogens with one attached hydrogen (secondary N) is 2. The number of hydrogen-bond donors (Lipinski definition) is 3. The highest BCUT2D eigenvalue weighted by atomic mass is 35.5. The molecule has 8 heteroatoms. The van der Waals surface area contributed by atoms with Crippen LogP contribution in [0.2, 0.25) is 5.02 Å². The molecule has 156 valence electrons. The van der Waals surface area contributed by atoms with Crippen LogP contribution in [0.4, 0.5) is 5.69 Å². The Kier molecular flexibility index (Phi) is 8.56. The molecule has 2 amide bonds. The van der Waals surface area contributed by atoms with Crippen LogP contribution < -0.4 is 16.4 Å². The molecule has 2 aliphatic carbocycles. The number of carbonyl (C=O) groups excluding carboxylic acids is 2. The van der Waals surface area contributed by atoms with E-state index in [1.165, 1.54) is 6.42 Å². The summed E-state index contributed by atoms with van der Waals surface area (Å²) < 4.78 is 4.91. The Labute approximate surface area is 177 Å². The van der Waals surface area contributed by atoms with Crippen molar-refractivity contribution in [2.24, 2.45) is 23.5 Å². The third kappa shape index (κ3) is 5.38. The van der Waals surface area contributed by atoms with Gasteiger partial charge in [0, 0.05) is 31.3 Å². The van der Waals surface area contributed by atoms with Gasteiger partial charge >= 0.3 is 0 Å². The zero-order valence-electron chi connectivity index (χ0n) is 16.1. The molecule has 2 aliphatic rings. The predicted molar refractivity (Wildman–Crippen MR) is 113 cm³/mol. The summed E-state index contributed by atoms with van der Waals surface area (Å²) in [6.45, 7) is 0.848. The Morgan fingerprint density at radius 1 is 1.25 bits per heavy atom. The molecule has 2 fully saturated rings. The number of anilines is 1. The van der Waals surface area contributed by atoms with Crippen molar-refractivity contribution in [3.63, 3.8) is 0 Å². The van der Waals surface area contributed by atoms with Crippen molar-refractivity contribution in [3.8, 4) is 0 Å². The fourth-order valence-electron chi connectivity index (χ4n) is 4.39. The smallest absolute Gasteiger partial charge is 0.252 e. The van der Waals surface area contributed by atoms with Crippen molar-refractivity contribution in [2.75, 3.05) is 25.6 Å². The van der Waals surface area contributed by atoms with Gasteiger partial charge in [-0.2, -0.15) is 0 Å². The van der Waals surface area contributed by atoms with Crippen LogP contribution in [0.3, 0.4) is 0 Å². The van der Waals surface area contributed by atoms with E-state index >= 15 is 0 Å². The fourth-order valence-corrected chi connectivity index (χ4v) is 4.65. The molecule has 3 rings (SSSR count). The first kappa shape index (κ1) is 22.9. The fraction of sp³-hybridized carbons (Fsp3) is 0.600. The third-order valence-electron chi connectivity index (χ3n) is 5.86. The summed E-state index contributed by atoms with van der Waals surface area (Å²) in [5.41, 5.74) is 7.30. The average molecular weight is 430 g/mol. The van der Waals surface area contributed by atoms with Crippen molar-refractivity contribution in [3.05, 3.63) is 28.8 Å². The molecular formula is C20H29Cl2N3O3. The quantitative estimate of drug-likeness (QED) is 0.604. The Bertz CT molecular complexity index is 687. The maximum absolute atomic E-state index is 12.7. The summed E-state index contributed by atoms with van der Waals surface area (Å²) in [5.74, 6) is 0.664. The monoisotopic (exact) mass is 429 g/mol. The Morgan fingerprint density at radius 3 is 2.54 bits per heavy atom. The SMILES string of the molecule is COCCNC(=O)c1ccc(NC(=O)C2CC3CCCC(C2)C3N)cc1Cl.Cl. The van der Waals surface area contributed by atoms with Crippen LogP contribution in [0, 0.1) is 17.8 Å². The number of carbonyl (C=O) groups is 2. The molecule has 0 spiro atoms. The predicted octanol–water partition coefficient (Wildman–Crippen LogP) is 3.23. The first-order chi connectivity index (χ1) is 13.0. The van der Waals surface area contributed by atoms with Gasteiger partial charge in [-0.15, -0.1) is 12.4 Å². The number of rotatable bonds is 6. The van der Waals surface area contributed by atoms with Gasteiger partial charge in [0.05, 0.1) is 17.2 Å². The summed E-state index contributed by atoms with van der Waals surface area (Å²) in [6, 6.07) is 5.21. The number of halogens is 2. The average Bonchev–Trinajstić information content (AvgIpc) is 2.61. The Morgan fingerprint density at radius 2 is 1.93 bits per heavy atom. The molecule has 0 aromatic heterocycles. The topological polar surface area (TPSA) is 93.5 Å². The lowest BCUT2D eigenvalue weighted by molar-refractivity contribution is -0.122. The van der Waals surface area contributed by atoms with Gasteiger partial charge in [0.15, 0.2) is 0 Å². The highest BCUT2D eigenvalue weighted by molar-refractivity contribution is 6.34. The lowest BCUT2D eigenvalue weighted by Gasteiger charge is -2.43. The van der Waals surface area contributed by atoms with Gasteiger partial charge in [0.2, 0.25) is 5.91 Å². The highest BCUT2D eigenvalue weighted by Crippen LogP contribution is 2.42. The zero-order chi connectivity index (χ0) is 19.4. The molecule has 0 heterocycles. The Balaban J connectivity index is 0.00000280. The van der Waals surface area contributed by atoms with Gasteiger partial charge in [-0.3, -0.25) is 9.59 Å². The molecule has 1 aromatic rings. The molecule has 2 bridgehead atoms. The minimum Gasteiger partial charge on any atom is -0.383 e. The van der Waals surface area contributed by atoms with Crippen molar-refractivity contribution in [2.45, 2.75) is 38.1 Å². The summed E-state index contributed by atoms with van der Waals surface area (Å²) in [5, 5.41) is 6.00. The summed E-state index contributed by atoms with van der Waals surface area (Å²) in [6.07, 6.45) is 5.19. The maximum atomic E-state index is 12.7. The van der Waals surface area contributed by atoms with Crippen molar-refractivity contribution >= 4 is 41.5 Å². The molecule has 2 atom stereocenters. The van der Waals surface area contributed by atoms with Crippen LogP contribution in [0.25, 0.3) is 0 Å². The van der Waals surface area contributed by atoms with Crippen molar-refractivity contribution in [1.29, 1.82) is 0 Å². The molecule has 2 unspecified atom stereocenters. The van der Waals surface area contributed by atoms with Gasteiger partial charge in [0.25, 0.3) is 5.91 Å². The lowest BCUT2D eigenvalue weighted by atomic mass is 9.65. The van der Waals surface area contributed by atoms with Gasteiger partial charge < -0.3 is 21.1 Å². The summed E-state index contributed by atoms with van der Waals surface area (Å²) in [7, 11) is 1.57.